The van der Waals surface area contributed by atoms with Gasteiger partial charge in [-0.3, -0.25) is 0 Å². The molecule has 0 spiro atoms. The van der Waals surface area contributed by atoms with E-state index in [0.717, 1.165) is 34.9 Å². The molecule has 0 aromatic heterocycles. The lowest BCUT2D eigenvalue weighted by molar-refractivity contribution is 1.22. The summed E-state index contributed by atoms with van der Waals surface area (Å²) in [4.78, 5) is 4.71. The van der Waals surface area contributed by atoms with E-state index < -0.39 is 0 Å². The Morgan fingerprint density at radius 1 is 0.383 bits per heavy atom. The van der Waals surface area contributed by atoms with Crippen LogP contribution in [0.2, 0.25) is 0 Å². The van der Waals surface area contributed by atoms with Crippen LogP contribution >= 0.6 is 0 Å². The lowest BCUT2D eigenvalue weighted by atomic mass is 10.0. The average molecular weight is 603 g/mol. The number of benzene rings is 7. The first-order valence-electron chi connectivity index (χ1n) is 16.2. The fraction of sp³-hybridized carbons (Fsp3) is 0.0222. The minimum atomic E-state index is 0.931. The summed E-state index contributed by atoms with van der Waals surface area (Å²) >= 11 is 0. The number of anilines is 5. The van der Waals surface area contributed by atoms with Crippen molar-refractivity contribution >= 4 is 50.0 Å². The highest BCUT2D eigenvalue weighted by Crippen LogP contribution is 2.40. The molecule has 0 heterocycles. The van der Waals surface area contributed by atoms with E-state index in [1.807, 2.05) is 0 Å². The molecule has 2 heteroatoms. The zero-order valence-corrected chi connectivity index (χ0v) is 26.1. The van der Waals surface area contributed by atoms with Crippen LogP contribution in [0.15, 0.2) is 200 Å². The summed E-state index contributed by atoms with van der Waals surface area (Å²) in [5.74, 6) is 0. The van der Waals surface area contributed by atoms with E-state index in [-0.39, 0.29) is 0 Å². The van der Waals surface area contributed by atoms with Crippen LogP contribution in [-0.2, 0) is 0 Å². The molecular formula is C45H34N2. The van der Waals surface area contributed by atoms with Gasteiger partial charge >= 0.3 is 0 Å². The molecule has 0 bridgehead atoms. The SMILES string of the molecule is C1=CCC=CC(N(c2ccc(-c3ccc(N(c4ccccc4)c4cccc5ccccc45)cc3)cc2)c2cccc3ccccc23)=C1. The van der Waals surface area contributed by atoms with Gasteiger partial charge in [0.2, 0.25) is 0 Å². The van der Waals surface area contributed by atoms with E-state index >= 15 is 0 Å². The minimum absolute atomic E-state index is 0.931. The summed E-state index contributed by atoms with van der Waals surface area (Å²) in [6.07, 6.45) is 11.9. The van der Waals surface area contributed by atoms with Gasteiger partial charge in [-0.15, -0.1) is 0 Å². The molecule has 7 aromatic carbocycles. The second kappa shape index (κ2) is 12.7. The van der Waals surface area contributed by atoms with Crippen LogP contribution in [-0.4, -0.2) is 0 Å². The van der Waals surface area contributed by atoms with E-state index in [9.17, 15) is 0 Å². The molecule has 0 saturated carbocycles. The van der Waals surface area contributed by atoms with E-state index in [0.29, 0.717) is 0 Å². The van der Waals surface area contributed by atoms with Gasteiger partial charge in [-0.25, -0.2) is 0 Å². The molecule has 0 aliphatic heterocycles. The van der Waals surface area contributed by atoms with Crippen molar-refractivity contribution in [2.75, 3.05) is 9.80 Å². The van der Waals surface area contributed by atoms with Crippen LogP contribution in [0.25, 0.3) is 32.7 Å². The van der Waals surface area contributed by atoms with Crippen molar-refractivity contribution in [1.82, 2.24) is 0 Å². The van der Waals surface area contributed by atoms with Crippen LogP contribution in [0, 0.1) is 0 Å². The summed E-state index contributed by atoms with van der Waals surface area (Å²) in [6.45, 7) is 0. The van der Waals surface area contributed by atoms with Gasteiger partial charge in [0.15, 0.2) is 0 Å². The summed E-state index contributed by atoms with van der Waals surface area (Å²) in [5.41, 5.74) is 9.21. The van der Waals surface area contributed by atoms with Crippen LogP contribution in [0.4, 0.5) is 28.4 Å². The monoisotopic (exact) mass is 602 g/mol. The average Bonchev–Trinajstić information content (AvgIpc) is 3.43. The van der Waals surface area contributed by atoms with Gasteiger partial charge < -0.3 is 9.80 Å². The Morgan fingerprint density at radius 3 is 1.49 bits per heavy atom. The molecule has 7 aromatic rings. The molecule has 224 valence electrons. The summed E-state index contributed by atoms with van der Waals surface area (Å²) in [6, 6.07) is 58.7. The highest BCUT2D eigenvalue weighted by molar-refractivity contribution is 5.99. The summed E-state index contributed by atoms with van der Waals surface area (Å²) in [5, 5.41) is 4.91. The van der Waals surface area contributed by atoms with Crippen molar-refractivity contribution < 1.29 is 0 Å². The number of allylic oxidation sites excluding steroid dienone is 5. The van der Waals surface area contributed by atoms with Crippen molar-refractivity contribution in [2.45, 2.75) is 6.42 Å². The van der Waals surface area contributed by atoms with Crippen molar-refractivity contribution in [3.63, 3.8) is 0 Å². The van der Waals surface area contributed by atoms with Gasteiger partial charge in [-0.05, 0) is 89.0 Å². The first kappa shape index (κ1) is 28.4. The standard InChI is InChI=1S/C45H34N2/c1-2-5-19-38(18-4-1)46(44-24-12-16-36-14-8-10-22-42(36)44)40-30-26-34(27-31-40)35-28-32-41(33-29-35)47(39-20-6-3-7-21-39)45-25-13-17-37-15-9-11-23-43(37)45/h1,3-33H,2H2. The van der Waals surface area contributed by atoms with Crippen LogP contribution in [0.5, 0.6) is 0 Å². The normalized spacial score (nSPS) is 12.6. The Morgan fingerprint density at radius 2 is 0.872 bits per heavy atom. The summed E-state index contributed by atoms with van der Waals surface area (Å²) < 4.78 is 0. The fourth-order valence-electron chi connectivity index (χ4n) is 6.56. The quantitative estimate of drug-likeness (QED) is 0.179. The molecule has 0 saturated heterocycles. The first-order chi connectivity index (χ1) is 23.3. The molecule has 0 radical (unpaired) electrons. The highest BCUT2D eigenvalue weighted by atomic mass is 15.2. The number of nitrogens with zero attached hydrogens (tertiary/aromatic N) is 2. The van der Waals surface area contributed by atoms with Crippen LogP contribution in [0.3, 0.4) is 0 Å². The topological polar surface area (TPSA) is 6.48 Å². The Kier molecular flexibility index (Phi) is 7.67. The Labute approximate surface area is 276 Å². The molecule has 8 rings (SSSR count). The number of para-hydroxylation sites is 1. The number of hydrogen-bond acceptors (Lipinski definition) is 2. The van der Waals surface area contributed by atoms with Gasteiger partial charge in [-0.1, -0.05) is 133 Å². The van der Waals surface area contributed by atoms with Crippen molar-refractivity contribution in [3.8, 4) is 11.1 Å². The molecule has 2 nitrogen and oxygen atoms in total. The molecule has 0 atom stereocenters. The third-order valence-corrected chi connectivity index (χ3v) is 8.84. The number of hydrogen-bond donors (Lipinski definition) is 0. The summed E-state index contributed by atoms with van der Waals surface area (Å²) in [7, 11) is 0. The third kappa shape index (κ3) is 5.62. The number of rotatable bonds is 7. The Bertz CT molecular complexity index is 2250. The van der Waals surface area contributed by atoms with E-state index in [4.69, 9.17) is 0 Å². The predicted octanol–water partition coefficient (Wildman–Crippen LogP) is 12.7. The Balaban J connectivity index is 1.16. The predicted molar refractivity (Wildman–Crippen MR) is 201 cm³/mol. The largest absolute Gasteiger partial charge is 0.310 e. The third-order valence-electron chi connectivity index (χ3n) is 8.84. The Hall–Kier alpha value is -6.12. The van der Waals surface area contributed by atoms with Gasteiger partial charge in [0.05, 0.1) is 11.4 Å². The molecule has 0 amide bonds. The van der Waals surface area contributed by atoms with Crippen molar-refractivity contribution in [3.05, 3.63) is 200 Å². The van der Waals surface area contributed by atoms with Crippen LogP contribution in [0.1, 0.15) is 6.42 Å². The fourth-order valence-corrected chi connectivity index (χ4v) is 6.56. The van der Waals surface area contributed by atoms with Gasteiger partial charge in [0, 0.05) is 33.5 Å². The molecule has 47 heavy (non-hydrogen) atoms. The minimum Gasteiger partial charge on any atom is -0.310 e. The van der Waals surface area contributed by atoms with Crippen molar-refractivity contribution in [1.29, 1.82) is 0 Å². The van der Waals surface area contributed by atoms with Gasteiger partial charge in [-0.2, -0.15) is 0 Å². The van der Waals surface area contributed by atoms with Gasteiger partial charge in [0.1, 0.15) is 0 Å². The van der Waals surface area contributed by atoms with E-state index in [2.05, 4.69) is 204 Å². The molecule has 0 fully saturated rings. The van der Waals surface area contributed by atoms with E-state index in [1.165, 1.54) is 38.4 Å². The second-order valence-electron chi connectivity index (χ2n) is 11.8. The second-order valence-corrected chi connectivity index (χ2v) is 11.8. The maximum Gasteiger partial charge on any atom is 0.0540 e. The van der Waals surface area contributed by atoms with Crippen LogP contribution < -0.4 is 9.80 Å². The highest BCUT2D eigenvalue weighted by Gasteiger charge is 2.17. The molecular weight excluding hydrogens is 569 g/mol. The zero-order chi connectivity index (χ0) is 31.4. The lowest BCUT2D eigenvalue weighted by Gasteiger charge is -2.28. The maximum absolute atomic E-state index is 2.36. The lowest BCUT2D eigenvalue weighted by Crippen LogP contribution is -2.15. The first-order valence-corrected chi connectivity index (χ1v) is 16.2. The van der Waals surface area contributed by atoms with E-state index in [1.54, 1.807) is 0 Å². The number of fused-ring (bicyclic) bond motifs is 2. The maximum atomic E-state index is 2.36. The molecule has 0 N–H and O–H groups in total. The smallest absolute Gasteiger partial charge is 0.0540 e. The molecule has 0 unspecified atom stereocenters. The van der Waals surface area contributed by atoms with Crippen molar-refractivity contribution in [2.24, 2.45) is 0 Å². The molecule has 1 aliphatic carbocycles. The zero-order valence-electron chi connectivity index (χ0n) is 26.1. The molecule has 1 aliphatic rings. The van der Waals surface area contributed by atoms with Gasteiger partial charge in [0.25, 0.3) is 0 Å².